The quantitative estimate of drug-likeness (QED) is 0.0882. The van der Waals surface area contributed by atoms with Crippen molar-refractivity contribution >= 4 is 24.9 Å². The van der Waals surface area contributed by atoms with Crippen LogP contribution in [0.25, 0.3) is 0 Å². The molecule has 8 aromatic rings. The van der Waals surface area contributed by atoms with E-state index in [1.165, 1.54) is 24.3 Å². The fraction of sp³-hybridized carbons (Fsp3) is 0.0714. The van der Waals surface area contributed by atoms with Crippen LogP contribution in [0.15, 0.2) is 238 Å². The first-order valence-electron chi connectivity index (χ1n) is 20.8. The molecule has 0 amide bonds. The molecular formula is C56H44KLuN4O4. The predicted octanol–water partition coefficient (Wildman–Crippen LogP) is 6.71. The largest absolute Gasteiger partial charge is 3.00 e. The first-order valence-corrected chi connectivity index (χ1v) is 20.8. The molecule has 328 valence electrons. The smallest absolute Gasteiger partial charge is 0.872 e. The van der Waals surface area contributed by atoms with Gasteiger partial charge in [0.05, 0.1) is 0 Å². The van der Waals surface area contributed by atoms with Gasteiger partial charge < -0.3 is 20.4 Å². The molecule has 0 aliphatic heterocycles. The maximum absolute atomic E-state index is 12.2. The van der Waals surface area contributed by atoms with Gasteiger partial charge in [-0.3, -0.25) is 20.0 Å². The van der Waals surface area contributed by atoms with E-state index in [1.807, 2.05) is 146 Å². The molecule has 8 aromatic carbocycles. The minimum atomic E-state index is -0.381. The Labute approximate surface area is 458 Å². The second kappa shape index (κ2) is 27.2. The molecule has 0 aliphatic carbocycles. The van der Waals surface area contributed by atoms with Gasteiger partial charge in [-0.25, -0.2) is 0 Å². The van der Waals surface area contributed by atoms with E-state index >= 15 is 0 Å². The van der Waals surface area contributed by atoms with Gasteiger partial charge in [0.2, 0.25) is 0 Å². The standard InChI is InChI=1S/2C28H24N2O2.K.Lu/c2*31-25-17-9-7-15-23(25)19-29-27(21-11-3-1-4-12-21)28(22-13-5-2-6-14-22)30-20-24-16-8-10-18-26(24)32;;/h2*1-20,27-28,31-32H;;/q;;+1;+3/p-4/t2*27-,28-;;/m11../s1. The number of para-hydroxylation sites is 4. The van der Waals surface area contributed by atoms with Crippen molar-refractivity contribution in [2.45, 2.75) is 24.2 Å². The van der Waals surface area contributed by atoms with Crippen LogP contribution in [-0.2, 0) is 0 Å². The summed E-state index contributed by atoms with van der Waals surface area (Å²) in [6, 6.07) is 65.1. The van der Waals surface area contributed by atoms with E-state index in [9.17, 15) is 20.4 Å². The van der Waals surface area contributed by atoms with Crippen molar-refractivity contribution in [2.75, 3.05) is 0 Å². The fourth-order valence-corrected chi connectivity index (χ4v) is 6.99. The Hall–Kier alpha value is -5.49. The van der Waals surface area contributed by atoms with Crippen LogP contribution in [0.3, 0.4) is 0 Å². The molecule has 8 rings (SSSR count). The van der Waals surface area contributed by atoms with Crippen LogP contribution >= 0.6 is 0 Å². The number of nitrogens with zero attached hydrogens (tertiary/aromatic N) is 4. The van der Waals surface area contributed by atoms with Gasteiger partial charge in [-0.2, -0.15) is 0 Å². The van der Waals surface area contributed by atoms with Crippen LogP contribution in [0.1, 0.15) is 68.7 Å². The summed E-state index contributed by atoms with van der Waals surface area (Å²) in [6.45, 7) is 0. The van der Waals surface area contributed by atoms with Gasteiger partial charge in [0.1, 0.15) is 24.2 Å². The van der Waals surface area contributed by atoms with Gasteiger partial charge in [0.15, 0.2) is 0 Å². The maximum Gasteiger partial charge on any atom is 3.00 e. The maximum atomic E-state index is 12.2. The normalized spacial score (nSPS) is 13.0. The van der Waals surface area contributed by atoms with E-state index in [4.69, 9.17) is 20.0 Å². The molecule has 0 saturated carbocycles. The third kappa shape index (κ3) is 14.8. The van der Waals surface area contributed by atoms with Crippen LogP contribution in [-0.4, -0.2) is 24.9 Å². The van der Waals surface area contributed by atoms with Crippen molar-refractivity contribution in [1.82, 2.24) is 0 Å². The summed E-state index contributed by atoms with van der Waals surface area (Å²) in [7, 11) is 0. The minimum Gasteiger partial charge on any atom is -0.872 e. The molecule has 8 nitrogen and oxygen atoms in total. The Balaban J connectivity index is 0.000000240. The molecule has 0 fully saturated rings. The second-order valence-electron chi connectivity index (χ2n) is 14.7. The van der Waals surface area contributed by atoms with Crippen molar-refractivity contribution in [3.8, 4) is 23.0 Å². The zero-order valence-corrected chi connectivity index (χ0v) is 40.9. The third-order valence-electron chi connectivity index (χ3n) is 10.3. The van der Waals surface area contributed by atoms with E-state index in [0.717, 1.165) is 22.3 Å². The summed E-state index contributed by atoms with van der Waals surface area (Å²) in [6.07, 6.45) is 6.47. The van der Waals surface area contributed by atoms with Gasteiger partial charge in [0.25, 0.3) is 0 Å². The fourth-order valence-electron chi connectivity index (χ4n) is 6.99. The Bertz CT molecular complexity index is 2420. The Morgan fingerprint density at radius 2 is 0.424 bits per heavy atom. The van der Waals surface area contributed by atoms with E-state index in [2.05, 4.69) is 0 Å². The van der Waals surface area contributed by atoms with Crippen molar-refractivity contribution in [3.63, 3.8) is 0 Å². The Kier molecular flexibility index (Phi) is 21.2. The van der Waals surface area contributed by atoms with E-state index < -0.39 is 0 Å². The molecule has 0 aliphatic rings. The van der Waals surface area contributed by atoms with Crippen molar-refractivity contribution in [2.24, 2.45) is 20.0 Å². The second-order valence-corrected chi connectivity index (χ2v) is 14.7. The molecular weight excluding hydrogens is 1010 g/mol. The zero-order valence-electron chi connectivity index (χ0n) is 36.1. The number of aliphatic imine (C=N–C) groups is 4. The SMILES string of the molecule is [K+].[Lu+3].[O-]c1ccccc1C=N[C@H](c1ccccc1)[C@H](N=Cc1ccccc1[O-])c1ccccc1.[O-]c1ccccc1C=N[C@H](c1ccccc1)[C@H](N=Cc1ccccc1[O-])c1ccccc1. The summed E-state index contributed by atoms with van der Waals surface area (Å²) >= 11 is 0. The van der Waals surface area contributed by atoms with Crippen molar-refractivity contribution in [3.05, 3.63) is 263 Å². The number of rotatable bonds is 14. The minimum absolute atomic E-state index is 0. The summed E-state index contributed by atoms with van der Waals surface area (Å²) in [5, 5.41) is 48.8. The molecule has 0 bridgehead atoms. The molecule has 4 atom stereocenters. The molecule has 0 saturated heterocycles. The van der Waals surface area contributed by atoms with Crippen molar-refractivity contribution in [1.29, 1.82) is 0 Å². The Morgan fingerprint density at radius 1 is 0.258 bits per heavy atom. The van der Waals surface area contributed by atoms with Gasteiger partial charge >= 0.3 is 88.3 Å². The molecule has 0 aromatic heterocycles. The number of benzene rings is 8. The summed E-state index contributed by atoms with van der Waals surface area (Å²) in [5.74, 6) is -0.322. The van der Waals surface area contributed by atoms with Crippen LogP contribution in [0.2, 0.25) is 0 Å². The monoisotopic (exact) mass is 1050 g/mol. The van der Waals surface area contributed by atoms with Crippen LogP contribution in [0, 0.1) is 36.9 Å². The van der Waals surface area contributed by atoms with Crippen LogP contribution < -0.4 is 71.8 Å². The molecule has 0 unspecified atom stereocenters. The van der Waals surface area contributed by atoms with E-state index in [1.54, 1.807) is 73.4 Å². The van der Waals surface area contributed by atoms with Crippen molar-refractivity contribution < 1.29 is 109 Å². The number of hydrogen-bond donors (Lipinski definition) is 0. The molecule has 0 radical (unpaired) electrons. The summed E-state index contributed by atoms with van der Waals surface area (Å²) in [5.41, 5.74) is 5.95. The first-order chi connectivity index (χ1) is 31.4. The Morgan fingerprint density at radius 3 is 0.606 bits per heavy atom. The molecule has 0 N–H and O–H groups in total. The van der Waals surface area contributed by atoms with Gasteiger partial charge in [-0.15, -0.1) is 23.0 Å². The van der Waals surface area contributed by atoms with E-state index in [0.29, 0.717) is 22.3 Å². The van der Waals surface area contributed by atoms with E-state index in [-0.39, 0.29) is 135 Å². The van der Waals surface area contributed by atoms with Gasteiger partial charge in [0, 0.05) is 24.9 Å². The van der Waals surface area contributed by atoms with Crippen LogP contribution in [0.4, 0.5) is 0 Å². The van der Waals surface area contributed by atoms with Gasteiger partial charge in [-0.1, -0.05) is 218 Å². The average molecular weight is 1050 g/mol. The summed E-state index contributed by atoms with van der Waals surface area (Å²) in [4.78, 5) is 19.3. The molecule has 10 heteroatoms. The summed E-state index contributed by atoms with van der Waals surface area (Å²) < 4.78 is 0. The molecule has 0 heterocycles. The molecule has 66 heavy (non-hydrogen) atoms. The first kappa shape index (κ1) is 51.5. The van der Waals surface area contributed by atoms with Gasteiger partial charge in [-0.05, 0) is 44.5 Å². The third-order valence-corrected chi connectivity index (χ3v) is 10.3. The van der Waals surface area contributed by atoms with Crippen LogP contribution in [0.5, 0.6) is 23.0 Å². The predicted molar refractivity (Wildman–Crippen MR) is 251 cm³/mol. The zero-order chi connectivity index (χ0) is 44.4. The number of hydrogen-bond acceptors (Lipinski definition) is 8. The topological polar surface area (TPSA) is 142 Å². The molecule has 0 spiro atoms. The average Bonchev–Trinajstić information content (AvgIpc) is 3.34.